The van der Waals surface area contributed by atoms with Crippen LogP contribution in [0.1, 0.15) is 29.6 Å². The summed E-state index contributed by atoms with van der Waals surface area (Å²) in [6.07, 6.45) is 5.19. The van der Waals surface area contributed by atoms with Crippen molar-refractivity contribution in [3.63, 3.8) is 0 Å². The number of piperazine rings is 1. The van der Waals surface area contributed by atoms with E-state index >= 15 is 0 Å². The Balaban J connectivity index is 1.78. The Morgan fingerprint density at radius 2 is 2.20 bits per heavy atom. The third kappa shape index (κ3) is 2.60. The number of carbonyl (C=O) groups is 1. The van der Waals surface area contributed by atoms with Gasteiger partial charge in [0, 0.05) is 31.9 Å². The summed E-state index contributed by atoms with van der Waals surface area (Å²) in [7, 11) is 0. The molecule has 0 radical (unpaired) electrons. The first-order valence-corrected chi connectivity index (χ1v) is 7.41. The van der Waals surface area contributed by atoms with Crippen molar-refractivity contribution in [1.29, 1.82) is 0 Å². The maximum Gasteiger partial charge on any atom is 0.337 e. The number of rotatable bonds is 2. The van der Waals surface area contributed by atoms with E-state index in [4.69, 9.17) is 16.7 Å². The number of carboxylic acids is 1. The summed E-state index contributed by atoms with van der Waals surface area (Å²) in [4.78, 5) is 19.9. The summed E-state index contributed by atoms with van der Waals surface area (Å²) in [5, 5.41) is 9.37. The Morgan fingerprint density at radius 3 is 2.95 bits per heavy atom. The number of pyridine rings is 1. The minimum absolute atomic E-state index is 0.134. The molecule has 2 aliphatic heterocycles. The van der Waals surface area contributed by atoms with Crippen LogP contribution in [0.25, 0.3) is 0 Å². The Kier molecular flexibility index (Phi) is 3.81. The Labute approximate surface area is 123 Å². The van der Waals surface area contributed by atoms with Gasteiger partial charge >= 0.3 is 5.97 Å². The zero-order valence-corrected chi connectivity index (χ0v) is 12.0. The topological polar surface area (TPSA) is 56.7 Å². The third-order valence-corrected chi connectivity index (χ3v) is 4.48. The van der Waals surface area contributed by atoms with Crippen LogP contribution in [0, 0.1) is 0 Å². The molecule has 0 saturated carbocycles. The summed E-state index contributed by atoms with van der Waals surface area (Å²) < 4.78 is 0. The predicted octanol–water partition coefficient (Wildman–Crippen LogP) is 2.11. The molecule has 1 aromatic rings. The van der Waals surface area contributed by atoms with Crippen molar-refractivity contribution >= 4 is 23.4 Å². The van der Waals surface area contributed by atoms with Gasteiger partial charge in [0.2, 0.25) is 0 Å². The molecular formula is C14H18ClN3O2. The fourth-order valence-corrected chi connectivity index (χ4v) is 3.41. The zero-order valence-electron chi connectivity index (χ0n) is 11.3. The van der Waals surface area contributed by atoms with Crippen LogP contribution in [0.4, 0.5) is 5.82 Å². The lowest BCUT2D eigenvalue weighted by Gasteiger charge is -2.44. The van der Waals surface area contributed by atoms with Crippen molar-refractivity contribution in [2.24, 2.45) is 0 Å². The molecule has 2 aliphatic rings. The molecule has 3 heterocycles. The molecule has 0 bridgehead atoms. The van der Waals surface area contributed by atoms with E-state index in [0.717, 1.165) is 19.6 Å². The van der Waals surface area contributed by atoms with Crippen LogP contribution < -0.4 is 4.90 Å². The van der Waals surface area contributed by atoms with Gasteiger partial charge in [0.1, 0.15) is 5.82 Å². The summed E-state index contributed by atoms with van der Waals surface area (Å²) in [6, 6.07) is 2.06. The van der Waals surface area contributed by atoms with E-state index in [1.807, 2.05) is 0 Å². The Morgan fingerprint density at radius 1 is 1.35 bits per heavy atom. The SMILES string of the molecule is O=C(O)c1cnc(N2CCN3CCCCC3C2)c(Cl)c1. The smallest absolute Gasteiger partial charge is 0.337 e. The molecule has 0 amide bonds. The van der Waals surface area contributed by atoms with Crippen molar-refractivity contribution in [3.05, 3.63) is 22.8 Å². The second-order valence-corrected chi connectivity index (χ2v) is 5.87. The molecule has 1 atom stereocenters. The number of hydrogen-bond acceptors (Lipinski definition) is 4. The number of anilines is 1. The van der Waals surface area contributed by atoms with Crippen molar-refractivity contribution in [2.75, 3.05) is 31.1 Å². The number of halogens is 1. The highest BCUT2D eigenvalue weighted by Gasteiger charge is 2.30. The predicted molar refractivity (Wildman–Crippen MR) is 77.6 cm³/mol. The van der Waals surface area contributed by atoms with Gasteiger partial charge in [0.15, 0.2) is 0 Å². The highest BCUT2D eigenvalue weighted by Crippen LogP contribution is 2.28. The van der Waals surface area contributed by atoms with Crippen LogP contribution in [0.3, 0.4) is 0 Å². The molecule has 108 valence electrons. The number of carboxylic acid groups (broad SMARTS) is 1. The quantitative estimate of drug-likeness (QED) is 0.905. The van der Waals surface area contributed by atoms with Crippen LogP contribution in [-0.2, 0) is 0 Å². The van der Waals surface area contributed by atoms with Crippen molar-refractivity contribution in [1.82, 2.24) is 9.88 Å². The Bertz CT molecular complexity index is 523. The van der Waals surface area contributed by atoms with Gasteiger partial charge in [-0.15, -0.1) is 0 Å². The zero-order chi connectivity index (χ0) is 14.1. The van der Waals surface area contributed by atoms with Gasteiger partial charge in [0.25, 0.3) is 0 Å². The van der Waals surface area contributed by atoms with Crippen molar-refractivity contribution < 1.29 is 9.90 Å². The van der Waals surface area contributed by atoms with Gasteiger partial charge < -0.3 is 10.0 Å². The van der Waals surface area contributed by atoms with E-state index in [0.29, 0.717) is 16.9 Å². The van der Waals surface area contributed by atoms with E-state index in [9.17, 15) is 4.79 Å². The van der Waals surface area contributed by atoms with Gasteiger partial charge in [-0.1, -0.05) is 18.0 Å². The van der Waals surface area contributed by atoms with E-state index in [2.05, 4.69) is 14.8 Å². The fraction of sp³-hybridized carbons (Fsp3) is 0.571. The number of piperidine rings is 1. The molecule has 2 fully saturated rings. The van der Waals surface area contributed by atoms with Gasteiger partial charge in [-0.25, -0.2) is 9.78 Å². The van der Waals surface area contributed by atoms with Crippen molar-refractivity contribution in [2.45, 2.75) is 25.3 Å². The number of aromatic nitrogens is 1. The first kappa shape index (κ1) is 13.6. The second-order valence-electron chi connectivity index (χ2n) is 5.47. The van der Waals surface area contributed by atoms with E-state index in [1.165, 1.54) is 38.1 Å². The summed E-state index contributed by atoms with van der Waals surface area (Å²) >= 11 is 6.20. The summed E-state index contributed by atoms with van der Waals surface area (Å²) in [5.74, 6) is -0.287. The van der Waals surface area contributed by atoms with Crippen LogP contribution in [-0.4, -0.2) is 53.2 Å². The van der Waals surface area contributed by atoms with Gasteiger partial charge in [-0.2, -0.15) is 0 Å². The van der Waals surface area contributed by atoms with Gasteiger partial charge in [0.05, 0.1) is 10.6 Å². The number of fused-ring (bicyclic) bond motifs is 1. The lowest BCUT2D eigenvalue weighted by Crippen LogP contribution is -2.55. The Hall–Kier alpha value is -1.33. The average Bonchev–Trinajstić information content (AvgIpc) is 2.46. The van der Waals surface area contributed by atoms with Crippen molar-refractivity contribution in [3.8, 4) is 0 Å². The van der Waals surface area contributed by atoms with Crippen LogP contribution in [0.2, 0.25) is 5.02 Å². The molecule has 1 N–H and O–H groups in total. The molecule has 1 aromatic heterocycles. The van der Waals surface area contributed by atoms with Gasteiger partial charge in [-0.3, -0.25) is 4.90 Å². The largest absolute Gasteiger partial charge is 0.478 e. The lowest BCUT2D eigenvalue weighted by molar-refractivity contribution is 0.0696. The standard InChI is InChI=1S/C14H18ClN3O2/c15-12-7-10(14(19)20)8-16-13(12)18-6-5-17-4-2-1-3-11(17)9-18/h7-8,11H,1-6,9H2,(H,19,20). The first-order valence-electron chi connectivity index (χ1n) is 7.03. The number of nitrogens with zero attached hydrogens (tertiary/aromatic N) is 3. The highest BCUT2D eigenvalue weighted by atomic mass is 35.5. The number of hydrogen-bond donors (Lipinski definition) is 1. The van der Waals surface area contributed by atoms with E-state index in [1.54, 1.807) is 0 Å². The normalized spacial score (nSPS) is 23.4. The number of aromatic carboxylic acids is 1. The van der Waals surface area contributed by atoms with Crippen LogP contribution in [0.5, 0.6) is 0 Å². The maximum absolute atomic E-state index is 10.9. The summed E-state index contributed by atoms with van der Waals surface area (Å²) in [5.41, 5.74) is 0.134. The van der Waals surface area contributed by atoms with E-state index in [-0.39, 0.29) is 5.56 Å². The molecule has 3 rings (SSSR count). The van der Waals surface area contributed by atoms with Crippen LogP contribution >= 0.6 is 11.6 Å². The maximum atomic E-state index is 10.9. The molecule has 5 nitrogen and oxygen atoms in total. The molecular weight excluding hydrogens is 278 g/mol. The average molecular weight is 296 g/mol. The highest BCUT2D eigenvalue weighted by molar-refractivity contribution is 6.33. The minimum Gasteiger partial charge on any atom is -0.478 e. The monoisotopic (exact) mass is 295 g/mol. The molecule has 1 unspecified atom stereocenters. The lowest BCUT2D eigenvalue weighted by atomic mass is 9.99. The van der Waals surface area contributed by atoms with E-state index < -0.39 is 5.97 Å². The minimum atomic E-state index is -0.997. The fourth-order valence-electron chi connectivity index (χ4n) is 3.13. The van der Waals surface area contributed by atoms with Crippen LogP contribution in [0.15, 0.2) is 12.3 Å². The molecule has 0 aromatic carbocycles. The molecule has 0 spiro atoms. The molecule has 6 heteroatoms. The summed E-state index contributed by atoms with van der Waals surface area (Å²) in [6.45, 7) is 4.05. The molecule has 0 aliphatic carbocycles. The molecule has 2 saturated heterocycles. The third-order valence-electron chi connectivity index (χ3n) is 4.21. The second kappa shape index (κ2) is 5.58. The molecule has 20 heavy (non-hydrogen) atoms. The first-order chi connectivity index (χ1) is 9.65. The van der Waals surface area contributed by atoms with Gasteiger partial charge in [-0.05, 0) is 25.5 Å².